The summed E-state index contributed by atoms with van der Waals surface area (Å²) < 4.78 is 18.2. The molecule has 5 heteroatoms. The molecular weight excluding hydrogens is 215 g/mol. The molecule has 0 aromatic heterocycles. The van der Waals surface area contributed by atoms with Gasteiger partial charge in [0.2, 0.25) is 5.60 Å². The van der Waals surface area contributed by atoms with Crippen LogP contribution in [0.2, 0.25) is 0 Å². The highest BCUT2D eigenvalue weighted by molar-refractivity contribution is 6.09. The average molecular weight is 222 g/mol. The lowest BCUT2D eigenvalue weighted by atomic mass is 10.0. The zero-order valence-corrected chi connectivity index (χ0v) is 8.07. The van der Waals surface area contributed by atoms with Gasteiger partial charge >= 0.3 is 5.97 Å². The first kappa shape index (κ1) is 9.33. The van der Waals surface area contributed by atoms with Crippen molar-refractivity contribution in [1.82, 2.24) is 0 Å². The molecule has 1 aliphatic heterocycles. The van der Waals surface area contributed by atoms with Gasteiger partial charge in [-0.3, -0.25) is 4.79 Å². The molecule has 1 saturated carbocycles. The zero-order chi connectivity index (χ0) is 11.5. The van der Waals surface area contributed by atoms with Gasteiger partial charge in [-0.15, -0.1) is 0 Å². The van der Waals surface area contributed by atoms with E-state index in [9.17, 15) is 14.0 Å². The van der Waals surface area contributed by atoms with Gasteiger partial charge in [0.15, 0.2) is 5.78 Å². The largest absolute Gasteiger partial charge is 0.478 e. The van der Waals surface area contributed by atoms with Crippen molar-refractivity contribution in [1.29, 1.82) is 0 Å². The van der Waals surface area contributed by atoms with E-state index in [1.54, 1.807) is 0 Å². The summed E-state index contributed by atoms with van der Waals surface area (Å²) >= 11 is 0. The Balaban J connectivity index is 2.11. The maximum absolute atomic E-state index is 12.9. The van der Waals surface area contributed by atoms with Gasteiger partial charge in [-0.1, -0.05) is 0 Å². The highest BCUT2D eigenvalue weighted by Crippen LogP contribution is 2.53. The van der Waals surface area contributed by atoms with Crippen molar-refractivity contribution >= 4 is 11.8 Å². The Morgan fingerprint density at radius 3 is 3.00 bits per heavy atom. The lowest BCUT2D eigenvalue weighted by Crippen LogP contribution is -2.37. The number of fused-ring (bicyclic) bond motifs is 2. The van der Waals surface area contributed by atoms with Gasteiger partial charge in [-0.2, -0.15) is 0 Å². The van der Waals surface area contributed by atoms with Crippen LogP contribution in [0, 0.1) is 11.7 Å². The molecule has 1 fully saturated rings. The van der Waals surface area contributed by atoms with Crippen molar-refractivity contribution in [2.45, 2.75) is 12.0 Å². The molecule has 1 N–H and O–H groups in total. The van der Waals surface area contributed by atoms with Crippen LogP contribution in [0.25, 0.3) is 0 Å². The third-order valence-corrected chi connectivity index (χ3v) is 3.09. The van der Waals surface area contributed by atoms with Crippen LogP contribution < -0.4 is 4.74 Å². The molecule has 0 spiro atoms. The number of carbonyl (C=O) groups is 2. The van der Waals surface area contributed by atoms with Crippen LogP contribution in [0.15, 0.2) is 18.2 Å². The first-order chi connectivity index (χ1) is 7.54. The molecule has 0 radical (unpaired) electrons. The Labute approximate surface area is 89.6 Å². The van der Waals surface area contributed by atoms with Gasteiger partial charge in [-0.05, 0) is 18.2 Å². The molecule has 3 rings (SSSR count). The third kappa shape index (κ3) is 0.973. The molecule has 82 valence electrons. The summed E-state index contributed by atoms with van der Waals surface area (Å²) in [4.78, 5) is 22.8. The fraction of sp³-hybridized carbons (Fsp3) is 0.273. The van der Waals surface area contributed by atoms with Gasteiger partial charge in [-0.25, -0.2) is 9.18 Å². The second-order valence-electron chi connectivity index (χ2n) is 4.06. The Kier molecular flexibility index (Phi) is 1.52. The Morgan fingerprint density at radius 2 is 2.31 bits per heavy atom. The number of Topliss-reactive ketones (excluding diaryl/α,β-unsaturated/α-hetero) is 1. The number of carboxylic acid groups (broad SMARTS) is 1. The number of ether oxygens (including phenoxy) is 1. The first-order valence-electron chi connectivity index (χ1n) is 4.81. The summed E-state index contributed by atoms with van der Waals surface area (Å²) in [5, 5.41) is 8.99. The molecule has 16 heavy (non-hydrogen) atoms. The predicted molar refractivity (Wildman–Crippen MR) is 49.8 cm³/mol. The maximum atomic E-state index is 12.9. The molecule has 4 nitrogen and oxygen atoms in total. The lowest BCUT2D eigenvalue weighted by molar-refractivity contribution is -0.148. The maximum Gasteiger partial charge on any atom is 0.348 e. The number of hydrogen-bond acceptors (Lipinski definition) is 3. The number of rotatable bonds is 1. The summed E-state index contributed by atoms with van der Waals surface area (Å²) in [7, 11) is 0. The van der Waals surface area contributed by atoms with E-state index in [1.807, 2.05) is 0 Å². The summed E-state index contributed by atoms with van der Waals surface area (Å²) in [6.07, 6.45) is 0.164. The summed E-state index contributed by atoms with van der Waals surface area (Å²) in [5.74, 6) is -2.52. The van der Waals surface area contributed by atoms with Gasteiger partial charge in [0.1, 0.15) is 11.6 Å². The summed E-state index contributed by atoms with van der Waals surface area (Å²) in [6, 6.07) is 3.52. The molecule has 2 atom stereocenters. The molecule has 2 aliphatic rings. The van der Waals surface area contributed by atoms with Gasteiger partial charge in [0, 0.05) is 6.42 Å². The second kappa shape index (κ2) is 2.61. The van der Waals surface area contributed by atoms with E-state index < -0.39 is 23.3 Å². The van der Waals surface area contributed by atoms with Crippen LogP contribution in [-0.4, -0.2) is 22.5 Å². The van der Waals surface area contributed by atoms with Gasteiger partial charge in [0.25, 0.3) is 0 Å². The predicted octanol–water partition coefficient (Wildman–Crippen LogP) is 1.24. The van der Waals surface area contributed by atoms with Gasteiger partial charge in [0.05, 0.1) is 11.5 Å². The van der Waals surface area contributed by atoms with E-state index in [-0.39, 0.29) is 23.5 Å². The molecule has 1 heterocycles. The molecule has 1 aromatic carbocycles. The minimum Gasteiger partial charge on any atom is -0.478 e. The highest BCUT2D eigenvalue weighted by atomic mass is 19.1. The smallest absolute Gasteiger partial charge is 0.348 e. The lowest BCUT2D eigenvalue weighted by Gasteiger charge is -2.21. The molecule has 1 aromatic rings. The van der Waals surface area contributed by atoms with E-state index in [2.05, 4.69) is 0 Å². The van der Waals surface area contributed by atoms with Crippen LogP contribution in [0.5, 0.6) is 5.75 Å². The minimum absolute atomic E-state index is 0.138. The fourth-order valence-corrected chi connectivity index (χ4v) is 2.11. The van der Waals surface area contributed by atoms with E-state index in [0.29, 0.717) is 0 Å². The summed E-state index contributed by atoms with van der Waals surface area (Å²) in [6.45, 7) is 0. The molecule has 0 bridgehead atoms. The Bertz CT molecular complexity index is 525. The van der Waals surface area contributed by atoms with E-state index >= 15 is 0 Å². The van der Waals surface area contributed by atoms with Crippen molar-refractivity contribution in [2.75, 3.05) is 0 Å². The number of halogens is 1. The molecular formula is C11H7FO4. The third-order valence-electron chi connectivity index (χ3n) is 3.09. The SMILES string of the molecule is O=C1c2cc(F)ccc2O[C@@]2(C(=O)O)C[C@H]12. The number of benzene rings is 1. The topological polar surface area (TPSA) is 63.6 Å². The first-order valence-corrected chi connectivity index (χ1v) is 4.81. The van der Waals surface area contributed by atoms with E-state index in [0.717, 1.165) is 12.1 Å². The van der Waals surface area contributed by atoms with Crippen LogP contribution in [0.3, 0.4) is 0 Å². The monoisotopic (exact) mass is 222 g/mol. The van der Waals surface area contributed by atoms with Crippen LogP contribution in [0.4, 0.5) is 4.39 Å². The number of hydrogen-bond donors (Lipinski definition) is 1. The number of ketones is 1. The standard InChI is InChI=1S/C11H7FO4/c12-5-1-2-8-6(3-5)9(13)7-4-11(7,16-8)10(14)15/h1-3,7H,4H2,(H,14,15)/t7-,11+/m1/s1. The highest BCUT2D eigenvalue weighted by Gasteiger charge is 2.69. The van der Waals surface area contributed by atoms with Crippen molar-refractivity contribution < 1.29 is 23.8 Å². The van der Waals surface area contributed by atoms with E-state index in [1.165, 1.54) is 6.07 Å². The molecule has 0 saturated heterocycles. The number of carboxylic acids is 1. The fourth-order valence-electron chi connectivity index (χ4n) is 2.11. The molecule has 1 aliphatic carbocycles. The van der Waals surface area contributed by atoms with Crippen LogP contribution in [0.1, 0.15) is 16.8 Å². The molecule has 0 unspecified atom stereocenters. The van der Waals surface area contributed by atoms with Crippen molar-refractivity contribution in [3.63, 3.8) is 0 Å². The average Bonchev–Trinajstić information content (AvgIpc) is 2.96. The van der Waals surface area contributed by atoms with Gasteiger partial charge < -0.3 is 9.84 Å². The Morgan fingerprint density at radius 1 is 1.56 bits per heavy atom. The molecule has 0 amide bonds. The Hall–Kier alpha value is -1.91. The van der Waals surface area contributed by atoms with Crippen molar-refractivity contribution in [3.05, 3.63) is 29.6 Å². The zero-order valence-electron chi connectivity index (χ0n) is 8.07. The minimum atomic E-state index is -1.40. The van der Waals surface area contributed by atoms with E-state index in [4.69, 9.17) is 9.84 Å². The second-order valence-corrected chi connectivity index (χ2v) is 4.06. The number of carbonyl (C=O) groups excluding carboxylic acids is 1. The normalized spacial score (nSPS) is 30.1. The quantitative estimate of drug-likeness (QED) is 0.776. The summed E-state index contributed by atoms with van der Waals surface area (Å²) in [5.41, 5.74) is -1.26. The van der Waals surface area contributed by atoms with Crippen LogP contribution in [-0.2, 0) is 4.79 Å². The number of aliphatic carboxylic acids is 1. The van der Waals surface area contributed by atoms with Crippen molar-refractivity contribution in [2.24, 2.45) is 5.92 Å². The van der Waals surface area contributed by atoms with Crippen LogP contribution >= 0.6 is 0 Å². The van der Waals surface area contributed by atoms with Crippen molar-refractivity contribution in [3.8, 4) is 5.75 Å².